The number of carboxylic acid groups (broad SMARTS) is 1. The Balaban J connectivity index is 1.66. The number of amides is 1. The van der Waals surface area contributed by atoms with E-state index in [-0.39, 0.29) is 31.8 Å². The first kappa shape index (κ1) is 27.3. The van der Waals surface area contributed by atoms with Gasteiger partial charge in [0, 0.05) is 38.8 Å². The minimum Gasteiger partial charge on any atom is -0.477 e. The molecule has 0 saturated carbocycles. The predicted octanol–water partition coefficient (Wildman–Crippen LogP) is 3.11. The number of aromatic carboxylic acids is 1. The van der Waals surface area contributed by atoms with Gasteiger partial charge in [0.2, 0.25) is 0 Å². The quantitative estimate of drug-likeness (QED) is 0.440. The van der Waals surface area contributed by atoms with E-state index in [0.717, 1.165) is 34.8 Å². The van der Waals surface area contributed by atoms with E-state index < -0.39 is 22.0 Å². The summed E-state index contributed by atoms with van der Waals surface area (Å²) in [7, 11) is 0.416. The third-order valence-corrected chi connectivity index (χ3v) is 9.49. The Morgan fingerprint density at radius 2 is 1.53 bits per heavy atom. The Bertz CT molecular complexity index is 1460. The molecule has 0 aliphatic carbocycles. The summed E-state index contributed by atoms with van der Waals surface area (Å²) in [5.41, 5.74) is 1.49. The first-order valence-electron chi connectivity index (χ1n) is 11.7. The van der Waals surface area contributed by atoms with E-state index in [4.69, 9.17) is 0 Å². The van der Waals surface area contributed by atoms with Gasteiger partial charge < -0.3 is 19.6 Å². The van der Waals surface area contributed by atoms with E-state index in [2.05, 4.69) is 9.64 Å². The molecule has 38 heavy (non-hydrogen) atoms. The highest BCUT2D eigenvalue weighted by atomic mass is 32.2. The molecule has 200 valence electrons. The second kappa shape index (κ2) is 10.9. The van der Waals surface area contributed by atoms with Crippen molar-refractivity contribution in [2.24, 2.45) is 0 Å². The SMILES string of the molecule is COC(=O)c1ccc(N(C)S(=O)(=O)c2cc(C(=O)O)sc2-c2ccc(C(=O)N3CCN(C)CC3)cc2)cc1. The van der Waals surface area contributed by atoms with Crippen molar-refractivity contribution >= 4 is 44.9 Å². The first-order valence-corrected chi connectivity index (χ1v) is 13.9. The third-order valence-electron chi connectivity index (χ3n) is 6.38. The molecule has 2 heterocycles. The van der Waals surface area contributed by atoms with Crippen molar-refractivity contribution in [1.29, 1.82) is 0 Å². The molecule has 0 atom stereocenters. The number of ether oxygens (including phenoxy) is 1. The fraction of sp³-hybridized carbons (Fsp3) is 0.269. The monoisotopic (exact) mass is 557 g/mol. The Kier molecular flexibility index (Phi) is 7.86. The van der Waals surface area contributed by atoms with Crippen molar-refractivity contribution in [3.8, 4) is 10.4 Å². The van der Waals surface area contributed by atoms with Crippen LogP contribution in [0.4, 0.5) is 5.69 Å². The molecule has 1 aliphatic rings. The summed E-state index contributed by atoms with van der Waals surface area (Å²) in [6.07, 6.45) is 0. The molecule has 1 saturated heterocycles. The molecular weight excluding hydrogens is 530 g/mol. The van der Waals surface area contributed by atoms with Crippen molar-refractivity contribution in [3.05, 3.63) is 70.6 Å². The average molecular weight is 558 g/mol. The van der Waals surface area contributed by atoms with Crippen LogP contribution in [0.15, 0.2) is 59.5 Å². The molecule has 0 radical (unpaired) electrons. The highest BCUT2D eigenvalue weighted by Gasteiger charge is 2.30. The number of carbonyl (C=O) groups is 3. The van der Waals surface area contributed by atoms with Gasteiger partial charge >= 0.3 is 11.9 Å². The Morgan fingerprint density at radius 3 is 2.08 bits per heavy atom. The molecule has 0 bridgehead atoms. The lowest BCUT2D eigenvalue weighted by Gasteiger charge is -2.32. The van der Waals surface area contributed by atoms with E-state index in [0.29, 0.717) is 24.2 Å². The van der Waals surface area contributed by atoms with Crippen LogP contribution in [-0.2, 0) is 14.8 Å². The number of hydrogen-bond acceptors (Lipinski definition) is 8. The maximum absolute atomic E-state index is 13.6. The van der Waals surface area contributed by atoms with Gasteiger partial charge in [-0.1, -0.05) is 12.1 Å². The molecule has 3 aromatic rings. The van der Waals surface area contributed by atoms with Crippen LogP contribution in [0.1, 0.15) is 30.4 Å². The predicted molar refractivity (Wildman–Crippen MR) is 143 cm³/mol. The number of carboxylic acids is 1. The molecule has 1 aliphatic heterocycles. The molecule has 10 nitrogen and oxygen atoms in total. The van der Waals surface area contributed by atoms with Gasteiger partial charge in [-0.2, -0.15) is 0 Å². The summed E-state index contributed by atoms with van der Waals surface area (Å²) in [5.74, 6) is -1.91. The molecular formula is C26H27N3O7S2. The van der Waals surface area contributed by atoms with Crippen LogP contribution in [0.3, 0.4) is 0 Å². The fourth-order valence-corrected chi connectivity index (χ4v) is 6.77. The van der Waals surface area contributed by atoms with Crippen LogP contribution >= 0.6 is 11.3 Å². The van der Waals surface area contributed by atoms with E-state index in [1.54, 1.807) is 29.2 Å². The van der Waals surface area contributed by atoms with Crippen molar-refractivity contribution in [3.63, 3.8) is 0 Å². The molecule has 0 spiro atoms. The Morgan fingerprint density at radius 1 is 0.947 bits per heavy atom. The van der Waals surface area contributed by atoms with Gasteiger partial charge in [0.1, 0.15) is 9.77 Å². The largest absolute Gasteiger partial charge is 0.477 e. The van der Waals surface area contributed by atoms with E-state index in [1.807, 2.05) is 7.05 Å². The van der Waals surface area contributed by atoms with Crippen LogP contribution in [0.25, 0.3) is 10.4 Å². The number of anilines is 1. The highest BCUT2D eigenvalue weighted by molar-refractivity contribution is 7.93. The lowest BCUT2D eigenvalue weighted by molar-refractivity contribution is 0.0599. The summed E-state index contributed by atoms with van der Waals surface area (Å²) < 4.78 is 33.0. The van der Waals surface area contributed by atoms with Crippen molar-refractivity contribution in [1.82, 2.24) is 9.80 Å². The van der Waals surface area contributed by atoms with Crippen LogP contribution in [0, 0.1) is 0 Å². The number of thiophene rings is 1. The van der Waals surface area contributed by atoms with Crippen LogP contribution in [0.2, 0.25) is 0 Å². The topological polar surface area (TPSA) is 125 Å². The number of nitrogens with zero attached hydrogens (tertiary/aromatic N) is 3. The summed E-state index contributed by atoms with van der Waals surface area (Å²) in [5, 5.41) is 9.58. The number of sulfonamides is 1. The summed E-state index contributed by atoms with van der Waals surface area (Å²) in [6, 6.07) is 13.5. The first-order chi connectivity index (χ1) is 18.0. The van der Waals surface area contributed by atoms with Crippen molar-refractivity contribution in [2.45, 2.75) is 4.90 Å². The van der Waals surface area contributed by atoms with Gasteiger partial charge in [0.25, 0.3) is 15.9 Å². The van der Waals surface area contributed by atoms with Crippen molar-refractivity contribution < 1.29 is 32.6 Å². The molecule has 1 amide bonds. The van der Waals surface area contributed by atoms with Crippen molar-refractivity contribution in [2.75, 3.05) is 51.7 Å². The molecule has 12 heteroatoms. The molecule has 2 aromatic carbocycles. The zero-order valence-corrected chi connectivity index (χ0v) is 22.7. The molecule has 4 rings (SSSR count). The number of rotatable bonds is 7. The zero-order chi connectivity index (χ0) is 27.6. The molecule has 1 fully saturated rings. The van der Waals surface area contributed by atoms with Gasteiger partial charge in [0.15, 0.2) is 0 Å². The number of methoxy groups -OCH3 is 1. The molecule has 1 aromatic heterocycles. The summed E-state index contributed by atoms with van der Waals surface area (Å²) >= 11 is 0.845. The lowest BCUT2D eigenvalue weighted by atomic mass is 10.1. The number of benzene rings is 2. The number of carbonyl (C=O) groups excluding carboxylic acids is 2. The number of likely N-dealkylation sites (N-methyl/N-ethyl adjacent to an activating group) is 1. The second-order valence-corrected chi connectivity index (χ2v) is 11.8. The zero-order valence-electron chi connectivity index (χ0n) is 21.1. The van der Waals surface area contributed by atoms with E-state index in [1.165, 1.54) is 38.4 Å². The van der Waals surface area contributed by atoms with Crippen LogP contribution < -0.4 is 4.31 Å². The van der Waals surface area contributed by atoms with E-state index in [9.17, 15) is 27.9 Å². The second-order valence-electron chi connectivity index (χ2n) is 8.79. The van der Waals surface area contributed by atoms with E-state index >= 15 is 0 Å². The third kappa shape index (κ3) is 5.42. The molecule has 0 unspecified atom stereocenters. The van der Waals surface area contributed by atoms with Gasteiger partial charge in [-0.05, 0) is 55.1 Å². The van der Waals surface area contributed by atoms with Gasteiger partial charge in [0.05, 0.1) is 23.2 Å². The van der Waals surface area contributed by atoms with Gasteiger partial charge in [-0.3, -0.25) is 9.10 Å². The maximum atomic E-state index is 13.6. The maximum Gasteiger partial charge on any atom is 0.345 e. The number of piperazine rings is 1. The number of hydrogen-bond donors (Lipinski definition) is 1. The minimum absolute atomic E-state index is 0.106. The normalized spacial score (nSPS) is 14.2. The van der Waals surface area contributed by atoms with Crippen LogP contribution in [-0.4, -0.2) is 88.6 Å². The fourth-order valence-electron chi connectivity index (χ4n) is 4.04. The standard InChI is InChI=1S/C26H27N3O7S2/c1-27-12-14-29(15-13-27)24(30)18-6-4-17(5-7-18)23-22(16-21(37-23)25(31)32)38(34,35)28(2)20-10-8-19(9-11-20)26(33)36-3/h4-11,16H,12-15H2,1-3H3,(H,31,32). The summed E-state index contributed by atoms with van der Waals surface area (Å²) in [6.45, 7) is 2.83. The van der Waals surface area contributed by atoms with Gasteiger partial charge in [-0.15, -0.1) is 11.3 Å². The summed E-state index contributed by atoms with van der Waals surface area (Å²) in [4.78, 5) is 40.2. The van der Waals surface area contributed by atoms with Gasteiger partial charge in [-0.25, -0.2) is 18.0 Å². The smallest absolute Gasteiger partial charge is 0.345 e. The Hall–Kier alpha value is -3.74. The Labute approximate surface area is 224 Å². The lowest BCUT2D eigenvalue weighted by Crippen LogP contribution is -2.47. The molecule has 1 N–H and O–H groups in total. The number of esters is 1. The minimum atomic E-state index is -4.19. The average Bonchev–Trinajstić information content (AvgIpc) is 3.39. The highest BCUT2D eigenvalue weighted by Crippen LogP contribution is 2.38. The van der Waals surface area contributed by atoms with Crippen LogP contribution in [0.5, 0.6) is 0 Å².